The van der Waals surface area contributed by atoms with Crippen LogP contribution in [0.15, 0.2) is 0 Å². The third-order valence-corrected chi connectivity index (χ3v) is 5.03. The van der Waals surface area contributed by atoms with Crippen molar-refractivity contribution in [2.75, 3.05) is 26.7 Å². The molecule has 0 spiro atoms. The molecule has 0 aliphatic carbocycles. The number of methoxy groups -OCH3 is 1. The normalized spacial score (nSPS) is 33.8. The lowest BCUT2D eigenvalue weighted by Crippen LogP contribution is -2.45. The highest BCUT2D eigenvalue weighted by atomic mass is 16.5. The molecule has 0 aromatic carbocycles. The summed E-state index contributed by atoms with van der Waals surface area (Å²) in [6, 6.07) is 0.656. The van der Waals surface area contributed by atoms with E-state index in [-0.39, 0.29) is 5.97 Å². The molecule has 0 aromatic heterocycles. The fraction of sp³-hybridized carbons (Fsp3) is 0.933. The first-order chi connectivity index (χ1) is 8.96. The minimum absolute atomic E-state index is 0.116. The van der Waals surface area contributed by atoms with E-state index in [2.05, 4.69) is 24.1 Å². The van der Waals surface area contributed by atoms with Gasteiger partial charge in [-0.05, 0) is 71.5 Å². The largest absolute Gasteiger partial charge is 0.468 e. The summed E-state index contributed by atoms with van der Waals surface area (Å²) >= 11 is 0. The van der Waals surface area contributed by atoms with Crippen molar-refractivity contribution in [2.45, 2.75) is 51.6 Å². The molecule has 2 saturated heterocycles. The Hall–Kier alpha value is -0.610. The molecule has 2 atom stereocenters. The maximum absolute atomic E-state index is 11.8. The second-order valence-corrected chi connectivity index (χ2v) is 6.64. The van der Waals surface area contributed by atoms with Crippen molar-refractivity contribution in [3.63, 3.8) is 0 Å². The van der Waals surface area contributed by atoms with Crippen molar-refractivity contribution >= 4 is 5.97 Å². The van der Waals surface area contributed by atoms with Crippen molar-refractivity contribution in [1.29, 1.82) is 0 Å². The Balaban J connectivity index is 1.87. The van der Waals surface area contributed by atoms with Crippen LogP contribution in [0.3, 0.4) is 0 Å². The van der Waals surface area contributed by atoms with Gasteiger partial charge in [0.1, 0.15) is 5.54 Å². The number of hydrogen-bond acceptors (Lipinski definition) is 4. The molecule has 0 aromatic rings. The minimum atomic E-state index is -0.464. The molecule has 2 heterocycles. The standard InChI is InChI=1S/C15H28N2O2/c1-11(2)17-7-5-12(6-8-17)13-9-15(3,16-10-13)14(18)19-4/h11-13,16H,5-10H2,1-4H3. The molecule has 2 fully saturated rings. The van der Waals surface area contributed by atoms with Gasteiger partial charge in [0.2, 0.25) is 0 Å². The molecule has 4 nitrogen and oxygen atoms in total. The lowest BCUT2D eigenvalue weighted by molar-refractivity contribution is -0.147. The quantitative estimate of drug-likeness (QED) is 0.790. The molecule has 4 heteroatoms. The van der Waals surface area contributed by atoms with E-state index in [1.54, 1.807) is 0 Å². The molecular weight excluding hydrogens is 240 g/mol. The summed E-state index contributed by atoms with van der Waals surface area (Å²) in [5.41, 5.74) is -0.464. The molecule has 0 amide bonds. The first-order valence-electron chi connectivity index (χ1n) is 7.54. The van der Waals surface area contributed by atoms with E-state index >= 15 is 0 Å². The van der Waals surface area contributed by atoms with E-state index in [1.165, 1.54) is 33.0 Å². The highest BCUT2D eigenvalue weighted by Gasteiger charge is 2.44. The summed E-state index contributed by atoms with van der Waals surface area (Å²) < 4.78 is 4.91. The number of likely N-dealkylation sites (tertiary alicyclic amines) is 1. The second kappa shape index (κ2) is 5.80. The molecule has 2 rings (SSSR count). The molecule has 0 radical (unpaired) electrons. The van der Waals surface area contributed by atoms with Crippen LogP contribution >= 0.6 is 0 Å². The van der Waals surface area contributed by atoms with Gasteiger partial charge >= 0.3 is 5.97 Å². The SMILES string of the molecule is COC(=O)C1(C)CC(C2CCN(C(C)C)CC2)CN1. The molecule has 1 N–H and O–H groups in total. The molecular formula is C15H28N2O2. The van der Waals surface area contributed by atoms with Gasteiger partial charge in [-0.2, -0.15) is 0 Å². The van der Waals surface area contributed by atoms with Crippen LogP contribution in [0.2, 0.25) is 0 Å². The zero-order valence-corrected chi connectivity index (χ0v) is 12.7. The fourth-order valence-corrected chi connectivity index (χ4v) is 3.65. The van der Waals surface area contributed by atoms with Crippen molar-refractivity contribution in [2.24, 2.45) is 11.8 Å². The van der Waals surface area contributed by atoms with E-state index < -0.39 is 5.54 Å². The highest BCUT2D eigenvalue weighted by Crippen LogP contribution is 2.35. The summed E-state index contributed by atoms with van der Waals surface area (Å²) in [6.45, 7) is 9.87. The van der Waals surface area contributed by atoms with Gasteiger partial charge in [-0.3, -0.25) is 4.79 Å². The number of carbonyl (C=O) groups is 1. The Morgan fingerprint density at radius 2 is 1.95 bits per heavy atom. The molecule has 2 unspecified atom stereocenters. The van der Waals surface area contributed by atoms with Crippen LogP contribution in [0.25, 0.3) is 0 Å². The van der Waals surface area contributed by atoms with Gasteiger partial charge in [0.25, 0.3) is 0 Å². The Morgan fingerprint density at radius 1 is 1.32 bits per heavy atom. The maximum Gasteiger partial charge on any atom is 0.325 e. The van der Waals surface area contributed by atoms with E-state index in [1.807, 2.05) is 6.92 Å². The van der Waals surface area contributed by atoms with Crippen molar-refractivity contribution in [1.82, 2.24) is 10.2 Å². The van der Waals surface area contributed by atoms with Gasteiger partial charge in [0.15, 0.2) is 0 Å². The Labute approximate surface area is 116 Å². The molecule has 2 aliphatic rings. The van der Waals surface area contributed by atoms with E-state index in [9.17, 15) is 4.79 Å². The average molecular weight is 268 g/mol. The summed E-state index contributed by atoms with van der Waals surface area (Å²) in [7, 11) is 1.48. The zero-order valence-electron chi connectivity index (χ0n) is 12.7. The van der Waals surface area contributed by atoms with Crippen molar-refractivity contribution in [3.8, 4) is 0 Å². The number of ether oxygens (including phenoxy) is 1. The third-order valence-electron chi connectivity index (χ3n) is 5.03. The topological polar surface area (TPSA) is 41.6 Å². The van der Waals surface area contributed by atoms with E-state index in [4.69, 9.17) is 4.74 Å². The van der Waals surface area contributed by atoms with Crippen LogP contribution in [0.5, 0.6) is 0 Å². The number of nitrogens with one attached hydrogen (secondary N) is 1. The van der Waals surface area contributed by atoms with Gasteiger partial charge in [0, 0.05) is 6.04 Å². The van der Waals surface area contributed by atoms with Crippen LogP contribution in [-0.2, 0) is 9.53 Å². The molecule has 110 valence electrons. The van der Waals surface area contributed by atoms with Crippen molar-refractivity contribution in [3.05, 3.63) is 0 Å². The monoisotopic (exact) mass is 268 g/mol. The number of rotatable bonds is 3. The number of hydrogen-bond donors (Lipinski definition) is 1. The molecule has 2 aliphatic heterocycles. The first-order valence-corrected chi connectivity index (χ1v) is 7.54. The summed E-state index contributed by atoms with van der Waals surface area (Å²) in [4.78, 5) is 14.4. The smallest absolute Gasteiger partial charge is 0.325 e. The molecule has 0 bridgehead atoms. The second-order valence-electron chi connectivity index (χ2n) is 6.64. The lowest BCUT2D eigenvalue weighted by atomic mass is 9.80. The summed E-state index contributed by atoms with van der Waals surface area (Å²) in [5.74, 6) is 1.27. The zero-order chi connectivity index (χ0) is 14.0. The molecule has 19 heavy (non-hydrogen) atoms. The van der Waals surface area contributed by atoms with Crippen LogP contribution in [0, 0.1) is 11.8 Å². The Bertz CT molecular complexity index is 324. The Kier molecular flexibility index (Phi) is 4.51. The van der Waals surface area contributed by atoms with Gasteiger partial charge in [-0.25, -0.2) is 0 Å². The fourth-order valence-electron chi connectivity index (χ4n) is 3.65. The molecule has 0 saturated carbocycles. The van der Waals surface area contributed by atoms with Crippen LogP contribution in [0.4, 0.5) is 0 Å². The van der Waals surface area contributed by atoms with Crippen LogP contribution in [-0.4, -0.2) is 49.2 Å². The van der Waals surface area contributed by atoms with Gasteiger partial charge in [0.05, 0.1) is 7.11 Å². The predicted octanol–water partition coefficient (Wildman–Crippen LogP) is 1.65. The third kappa shape index (κ3) is 3.11. The minimum Gasteiger partial charge on any atom is -0.468 e. The number of piperidine rings is 1. The number of esters is 1. The number of nitrogens with zero attached hydrogens (tertiary/aromatic N) is 1. The Morgan fingerprint density at radius 3 is 2.47 bits per heavy atom. The summed E-state index contributed by atoms with van der Waals surface area (Å²) in [5, 5.41) is 3.38. The maximum atomic E-state index is 11.8. The first kappa shape index (κ1) is 14.8. The van der Waals surface area contributed by atoms with Crippen molar-refractivity contribution < 1.29 is 9.53 Å². The van der Waals surface area contributed by atoms with Gasteiger partial charge in [-0.15, -0.1) is 0 Å². The predicted molar refractivity (Wildman–Crippen MR) is 76.0 cm³/mol. The summed E-state index contributed by atoms with van der Waals surface area (Å²) in [6.07, 6.45) is 3.45. The van der Waals surface area contributed by atoms with Gasteiger partial charge in [-0.1, -0.05) is 0 Å². The van der Waals surface area contributed by atoms with Crippen LogP contribution < -0.4 is 5.32 Å². The average Bonchev–Trinajstić information content (AvgIpc) is 2.82. The van der Waals surface area contributed by atoms with Crippen LogP contribution in [0.1, 0.15) is 40.0 Å². The number of carbonyl (C=O) groups excluding carboxylic acids is 1. The van der Waals surface area contributed by atoms with Gasteiger partial charge < -0.3 is 15.0 Å². The highest BCUT2D eigenvalue weighted by molar-refractivity contribution is 5.80. The van der Waals surface area contributed by atoms with E-state index in [0.717, 1.165) is 18.9 Å². The lowest BCUT2D eigenvalue weighted by Gasteiger charge is -2.37. The van der Waals surface area contributed by atoms with E-state index in [0.29, 0.717) is 12.0 Å².